The molecular weight excluding hydrogens is 282 g/mol. The highest BCUT2D eigenvalue weighted by atomic mass is 35.5. The zero-order valence-electron chi connectivity index (χ0n) is 10.5. The Balaban J connectivity index is 2.13. The van der Waals surface area contributed by atoms with Crippen molar-refractivity contribution in [2.45, 2.75) is 6.42 Å². The molecule has 2 rings (SSSR count). The van der Waals surface area contributed by atoms with Gasteiger partial charge in [-0.1, -0.05) is 23.7 Å². The van der Waals surface area contributed by atoms with Gasteiger partial charge in [-0.15, -0.1) is 0 Å². The summed E-state index contributed by atoms with van der Waals surface area (Å²) in [4.78, 5) is 35.2. The van der Waals surface area contributed by atoms with E-state index in [1.807, 2.05) is 0 Å². The lowest BCUT2D eigenvalue weighted by Crippen LogP contribution is -2.29. The van der Waals surface area contributed by atoms with Gasteiger partial charge in [0.05, 0.1) is 13.0 Å². The number of hydrogen-bond acceptors (Lipinski definition) is 3. The van der Waals surface area contributed by atoms with Crippen LogP contribution in [0.1, 0.15) is 12.0 Å². The largest absolute Gasteiger partial charge is 0.481 e. The van der Waals surface area contributed by atoms with Gasteiger partial charge in [-0.25, -0.2) is 0 Å². The number of rotatable bonds is 4. The van der Waals surface area contributed by atoms with Gasteiger partial charge in [-0.2, -0.15) is 0 Å². The molecule has 5 nitrogen and oxygen atoms in total. The number of Topliss-reactive ketones (excluding diaryl/α,β-unsaturated/α-hetero) is 1. The van der Waals surface area contributed by atoms with E-state index in [4.69, 9.17) is 16.7 Å². The Morgan fingerprint density at radius 2 is 1.95 bits per heavy atom. The second-order valence-corrected chi connectivity index (χ2v) is 4.86. The average molecular weight is 294 g/mol. The van der Waals surface area contributed by atoms with E-state index in [1.54, 1.807) is 30.3 Å². The minimum Gasteiger partial charge on any atom is -0.481 e. The summed E-state index contributed by atoms with van der Waals surface area (Å²) in [6, 6.07) is 6.87. The van der Waals surface area contributed by atoms with Gasteiger partial charge < -0.3 is 10.0 Å². The Bertz CT molecular complexity index is 592. The Kier molecular flexibility index (Phi) is 4.20. The summed E-state index contributed by atoms with van der Waals surface area (Å²) in [5, 5.41) is 9.19. The minimum atomic E-state index is -1.000. The maximum Gasteiger partial charge on any atom is 0.305 e. The fourth-order valence-corrected chi connectivity index (χ4v) is 2.04. The standard InChI is InChI=1S/C14H12ClNO4/c15-11-3-1-9(2-4-11)7-10-8-16(6-5-12(17)18)14(20)13(10)19/h1-4,7H,5-6,8H2,(H,17,18)/b10-7-. The quantitative estimate of drug-likeness (QED) is 0.676. The first-order valence-electron chi connectivity index (χ1n) is 5.99. The molecule has 104 valence electrons. The van der Waals surface area contributed by atoms with Gasteiger partial charge in [0, 0.05) is 17.1 Å². The maximum absolute atomic E-state index is 11.8. The van der Waals surface area contributed by atoms with Crippen LogP contribution < -0.4 is 0 Å². The van der Waals surface area contributed by atoms with Gasteiger partial charge in [-0.3, -0.25) is 14.4 Å². The van der Waals surface area contributed by atoms with E-state index in [0.717, 1.165) is 5.56 Å². The number of benzene rings is 1. The maximum atomic E-state index is 11.8. The van der Waals surface area contributed by atoms with Crippen LogP contribution in [0.3, 0.4) is 0 Å². The average Bonchev–Trinajstić information content (AvgIpc) is 2.67. The number of aliphatic carboxylic acids is 1. The summed E-state index contributed by atoms with van der Waals surface area (Å²) in [5.74, 6) is -2.22. The Labute approximate surface area is 120 Å². The van der Waals surface area contributed by atoms with E-state index in [1.165, 1.54) is 4.90 Å². The van der Waals surface area contributed by atoms with Crippen molar-refractivity contribution in [2.75, 3.05) is 13.1 Å². The summed E-state index contributed by atoms with van der Waals surface area (Å²) in [5.41, 5.74) is 1.13. The Morgan fingerprint density at radius 3 is 2.55 bits per heavy atom. The highest BCUT2D eigenvalue weighted by Crippen LogP contribution is 2.18. The SMILES string of the molecule is O=C(O)CCN1C/C(=C/c2ccc(Cl)cc2)C(=O)C1=O. The number of likely N-dealkylation sites (tertiary alicyclic amines) is 1. The number of carbonyl (C=O) groups excluding carboxylic acids is 2. The van der Waals surface area contributed by atoms with Crippen molar-refractivity contribution in [1.29, 1.82) is 0 Å². The molecule has 1 aliphatic heterocycles. The second-order valence-electron chi connectivity index (χ2n) is 4.42. The lowest BCUT2D eigenvalue weighted by molar-refractivity contribution is -0.141. The number of carbonyl (C=O) groups is 3. The summed E-state index contributed by atoms with van der Waals surface area (Å²) in [7, 11) is 0. The highest BCUT2D eigenvalue weighted by molar-refractivity contribution is 6.46. The summed E-state index contributed by atoms with van der Waals surface area (Å²) in [6.07, 6.45) is 1.45. The highest BCUT2D eigenvalue weighted by Gasteiger charge is 2.33. The number of nitrogens with zero attached hydrogens (tertiary/aromatic N) is 1. The topological polar surface area (TPSA) is 74.7 Å². The van der Waals surface area contributed by atoms with Crippen LogP contribution in [0.2, 0.25) is 5.02 Å². The predicted molar refractivity (Wildman–Crippen MR) is 73.3 cm³/mol. The van der Waals surface area contributed by atoms with Crippen LogP contribution in [0.5, 0.6) is 0 Å². The van der Waals surface area contributed by atoms with E-state index < -0.39 is 17.7 Å². The number of ketones is 1. The summed E-state index contributed by atoms with van der Waals surface area (Å²) >= 11 is 5.77. The fourth-order valence-electron chi connectivity index (χ4n) is 1.91. The van der Waals surface area contributed by atoms with Gasteiger partial charge in [0.1, 0.15) is 0 Å². The van der Waals surface area contributed by atoms with Crippen molar-refractivity contribution < 1.29 is 19.5 Å². The van der Waals surface area contributed by atoms with E-state index in [9.17, 15) is 14.4 Å². The van der Waals surface area contributed by atoms with E-state index in [-0.39, 0.29) is 19.5 Å². The normalized spacial score (nSPS) is 17.1. The molecule has 1 N–H and O–H groups in total. The molecule has 20 heavy (non-hydrogen) atoms. The molecule has 1 aliphatic rings. The molecule has 6 heteroatoms. The van der Waals surface area contributed by atoms with Gasteiger partial charge in [0.2, 0.25) is 5.78 Å². The second kappa shape index (κ2) is 5.88. The molecule has 0 aliphatic carbocycles. The molecule has 1 fully saturated rings. The number of carboxylic acids is 1. The van der Waals surface area contributed by atoms with Crippen molar-refractivity contribution in [2.24, 2.45) is 0 Å². The zero-order chi connectivity index (χ0) is 14.7. The molecule has 1 amide bonds. The fraction of sp³-hybridized carbons (Fsp3) is 0.214. The smallest absolute Gasteiger partial charge is 0.305 e. The lowest BCUT2D eigenvalue weighted by atomic mass is 10.1. The molecule has 0 spiro atoms. The van der Waals surface area contributed by atoms with Crippen molar-refractivity contribution in [3.05, 3.63) is 40.4 Å². The van der Waals surface area contributed by atoms with Crippen LogP contribution in [-0.2, 0) is 14.4 Å². The van der Waals surface area contributed by atoms with Gasteiger partial charge in [-0.05, 0) is 23.8 Å². The van der Waals surface area contributed by atoms with Gasteiger partial charge in [0.15, 0.2) is 0 Å². The molecule has 1 aromatic rings. The lowest BCUT2D eigenvalue weighted by Gasteiger charge is -2.11. The first kappa shape index (κ1) is 14.3. The number of carboxylic acid groups (broad SMARTS) is 1. The Hall–Kier alpha value is -2.14. The summed E-state index contributed by atoms with van der Waals surface area (Å²) in [6.45, 7) is 0.186. The molecule has 0 unspecified atom stereocenters. The van der Waals surface area contributed by atoms with Crippen molar-refractivity contribution in [1.82, 2.24) is 4.90 Å². The molecule has 0 bridgehead atoms. The van der Waals surface area contributed by atoms with Crippen LogP contribution in [0.4, 0.5) is 0 Å². The van der Waals surface area contributed by atoms with Crippen LogP contribution >= 0.6 is 11.6 Å². The zero-order valence-corrected chi connectivity index (χ0v) is 11.3. The van der Waals surface area contributed by atoms with Crippen molar-refractivity contribution >= 4 is 35.3 Å². The third-order valence-electron chi connectivity index (χ3n) is 2.94. The monoisotopic (exact) mass is 293 g/mol. The molecule has 0 aromatic heterocycles. The van der Waals surface area contributed by atoms with Crippen LogP contribution in [0.15, 0.2) is 29.8 Å². The van der Waals surface area contributed by atoms with Crippen molar-refractivity contribution in [3.63, 3.8) is 0 Å². The van der Waals surface area contributed by atoms with E-state index in [0.29, 0.717) is 10.6 Å². The van der Waals surface area contributed by atoms with Crippen molar-refractivity contribution in [3.8, 4) is 0 Å². The third kappa shape index (κ3) is 3.24. The molecular formula is C14H12ClNO4. The third-order valence-corrected chi connectivity index (χ3v) is 3.19. The first-order valence-corrected chi connectivity index (χ1v) is 6.36. The minimum absolute atomic E-state index is 0.0395. The number of hydrogen-bond donors (Lipinski definition) is 1. The van der Waals surface area contributed by atoms with Crippen LogP contribution in [0, 0.1) is 0 Å². The molecule has 1 aromatic carbocycles. The van der Waals surface area contributed by atoms with Gasteiger partial charge in [0.25, 0.3) is 5.91 Å². The van der Waals surface area contributed by atoms with Crippen LogP contribution in [-0.4, -0.2) is 40.8 Å². The molecule has 0 atom stereocenters. The van der Waals surface area contributed by atoms with Crippen LogP contribution in [0.25, 0.3) is 6.08 Å². The molecule has 0 radical (unpaired) electrons. The molecule has 1 heterocycles. The number of halogens is 1. The summed E-state index contributed by atoms with van der Waals surface area (Å²) < 4.78 is 0. The molecule has 1 saturated heterocycles. The Morgan fingerprint density at radius 1 is 1.30 bits per heavy atom. The molecule has 0 saturated carbocycles. The van der Waals surface area contributed by atoms with E-state index in [2.05, 4.69) is 0 Å². The predicted octanol–water partition coefficient (Wildman–Crippen LogP) is 1.61. The van der Waals surface area contributed by atoms with Gasteiger partial charge >= 0.3 is 5.97 Å². The first-order chi connectivity index (χ1) is 9.47. The number of amides is 1. The van der Waals surface area contributed by atoms with E-state index >= 15 is 0 Å².